The number of fused-ring (bicyclic) bond motifs is 1. The van der Waals surface area contributed by atoms with Gasteiger partial charge in [0.1, 0.15) is 19.3 Å². The highest BCUT2D eigenvalue weighted by molar-refractivity contribution is 5.87. The van der Waals surface area contributed by atoms with Crippen LogP contribution in [0.1, 0.15) is 38.2 Å². The van der Waals surface area contributed by atoms with Gasteiger partial charge >= 0.3 is 5.97 Å². The molecule has 6 heteroatoms. The molecule has 1 aliphatic heterocycles. The Morgan fingerprint density at radius 3 is 2.62 bits per heavy atom. The maximum Gasteiger partial charge on any atom is 0.326 e. The molecule has 1 aromatic rings. The maximum atomic E-state index is 12.3. The molecule has 0 bridgehead atoms. The van der Waals surface area contributed by atoms with E-state index in [0.717, 1.165) is 17.7 Å². The lowest BCUT2D eigenvalue weighted by molar-refractivity contribution is -0.142. The number of hydrogen-bond acceptors (Lipinski definition) is 4. The molecule has 6 nitrogen and oxygen atoms in total. The monoisotopic (exact) mass is 333 g/mol. The summed E-state index contributed by atoms with van der Waals surface area (Å²) in [6, 6.07) is 4.93. The van der Waals surface area contributed by atoms with E-state index in [1.807, 2.05) is 32.0 Å². The first-order chi connectivity index (χ1) is 11.5. The Morgan fingerprint density at radius 2 is 1.96 bits per heavy atom. The Morgan fingerprint density at radius 1 is 1.25 bits per heavy atom. The summed E-state index contributed by atoms with van der Waals surface area (Å²) < 4.78 is 11.1. The Hall–Kier alpha value is -2.24. The zero-order chi connectivity index (χ0) is 17.3. The van der Waals surface area contributed by atoms with Gasteiger partial charge in [-0.15, -0.1) is 0 Å². The number of nitrogens with one attached hydrogen (secondary N) is 1. The number of aliphatic carboxylic acids is 1. The molecule has 1 aliphatic carbocycles. The van der Waals surface area contributed by atoms with Gasteiger partial charge in [-0.05, 0) is 42.4 Å². The van der Waals surface area contributed by atoms with Gasteiger partial charge < -0.3 is 19.9 Å². The zero-order valence-electron chi connectivity index (χ0n) is 14.0. The van der Waals surface area contributed by atoms with Gasteiger partial charge in [0.15, 0.2) is 11.5 Å². The molecule has 1 aromatic carbocycles. The van der Waals surface area contributed by atoms with Crippen LogP contribution in [0.5, 0.6) is 11.5 Å². The van der Waals surface area contributed by atoms with Crippen molar-refractivity contribution in [2.75, 3.05) is 13.2 Å². The van der Waals surface area contributed by atoms with Crippen molar-refractivity contribution >= 4 is 11.9 Å². The first-order valence-electron chi connectivity index (χ1n) is 8.38. The van der Waals surface area contributed by atoms with Crippen molar-refractivity contribution in [2.45, 2.75) is 38.6 Å². The number of carbonyl (C=O) groups is 2. The topological polar surface area (TPSA) is 84.9 Å². The van der Waals surface area contributed by atoms with Gasteiger partial charge in [-0.3, -0.25) is 4.79 Å². The molecule has 0 aromatic heterocycles. The van der Waals surface area contributed by atoms with E-state index in [4.69, 9.17) is 9.47 Å². The van der Waals surface area contributed by atoms with Crippen LogP contribution in [0.25, 0.3) is 0 Å². The van der Waals surface area contributed by atoms with Crippen LogP contribution < -0.4 is 14.8 Å². The van der Waals surface area contributed by atoms with Crippen molar-refractivity contribution in [3.8, 4) is 11.5 Å². The van der Waals surface area contributed by atoms with Crippen LogP contribution in [-0.4, -0.2) is 36.2 Å². The van der Waals surface area contributed by atoms with Crippen molar-refractivity contribution < 1.29 is 24.2 Å². The summed E-state index contributed by atoms with van der Waals surface area (Å²) in [5.41, 5.74) is 1.04. The van der Waals surface area contributed by atoms with Crippen molar-refractivity contribution in [1.82, 2.24) is 5.32 Å². The number of benzene rings is 1. The molecule has 3 rings (SSSR count). The first kappa shape index (κ1) is 16.6. The fraction of sp³-hybridized carbons (Fsp3) is 0.556. The largest absolute Gasteiger partial charge is 0.486 e. The van der Waals surface area contributed by atoms with Crippen molar-refractivity contribution in [1.29, 1.82) is 0 Å². The summed E-state index contributed by atoms with van der Waals surface area (Å²) in [7, 11) is 0. The summed E-state index contributed by atoms with van der Waals surface area (Å²) in [6.07, 6.45) is 1.17. The highest BCUT2D eigenvalue weighted by Crippen LogP contribution is 2.49. The maximum absolute atomic E-state index is 12.3. The highest BCUT2D eigenvalue weighted by Gasteiger charge is 2.45. The van der Waals surface area contributed by atoms with Gasteiger partial charge in [0.05, 0.1) is 0 Å². The number of amides is 1. The summed E-state index contributed by atoms with van der Waals surface area (Å²) >= 11 is 0. The van der Waals surface area contributed by atoms with E-state index in [-0.39, 0.29) is 23.7 Å². The predicted octanol–water partition coefficient (Wildman–Crippen LogP) is 2.18. The molecular weight excluding hydrogens is 310 g/mol. The van der Waals surface area contributed by atoms with Gasteiger partial charge in [-0.25, -0.2) is 4.79 Å². The second kappa shape index (κ2) is 6.71. The Kier molecular flexibility index (Phi) is 4.64. The van der Waals surface area contributed by atoms with Gasteiger partial charge in [-0.2, -0.15) is 0 Å². The van der Waals surface area contributed by atoms with E-state index in [1.165, 1.54) is 0 Å². The van der Waals surface area contributed by atoms with E-state index in [0.29, 0.717) is 25.4 Å². The molecule has 2 unspecified atom stereocenters. The molecule has 0 saturated heterocycles. The lowest BCUT2D eigenvalue weighted by Crippen LogP contribution is -2.42. The van der Waals surface area contributed by atoms with E-state index in [1.54, 1.807) is 0 Å². The van der Waals surface area contributed by atoms with E-state index >= 15 is 0 Å². The van der Waals surface area contributed by atoms with Crippen LogP contribution in [-0.2, 0) is 9.59 Å². The van der Waals surface area contributed by atoms with E-state index < -0.39 is 12.0 Å². The minimum Gasteiger partial charge on any atom is -0.486 e. The van der Waals surface area contributed by atoms with Gasteiger partial charge in [0.2, 0.25) is 5.91 Å². The van der Waals surface area contributed by atoms with Crippen LogP contribution >= 0.6 is 0 Å². The fourth-order valence-electron chi connectivity index (χ4n) is 3.12. The molecule has 130 valence electrons. The Bertz CT molecular complexity index is 642. The molecular formula is C18H23NO5. The average molecular weight is 333 g/mol. The van der Waals surface area contributed by atoms with Crippen LogP contribution in [0.3, 0.4) is 0 Å². The number of carboxylic acid groups (broad SMARTS) is 1. The Labute approximate surface area is 141 Å². The van der Waals surface area contributed by atoms with E-state index in [9.17, 15) is 14.7 Å². The lowest BCUT2D eigenvalue weighted by atomic mass is 10.0. The van der Waals surface area contributed by atoms with Crippen LogP contribution in [0.4, 0.5) is 0 Å². The Balaban J connectivity index is 1.62. The van der Waals surface area contributed by atoms with Gasteiger partial charge in [0, 0.05) is 5.92 Å². The molecule has 2 N–H and O–H groups in total. The van der Waals surface area contributed by atoms with Gasteiger partial charge in [-0.1, -0.05) is 19.9 Å². The van der Waals surface area contributed by atoms with Crippen molar-refractivity contribution in [3.05, 3.63) is 23.8 Å². The normalized spacial score (nSPS) is 22.8. The lowest BCUT2D eigenvalue weighted by Gasteiger charge is -2.19. The second-order valence-electron chi connectivity index (χ2n) is 6.88. The van der Waals surface area contributed by atoms with Crippen LogP contribution in [0.15, 0.2) is 18.2 Å². The molecule has 24 heavy (non-hydrogen) atoms. The predicted molar refractivity (Wildman–Crippen MR) is 87.3 cm³/mol. The third-order valence-corrected chi connectivity index (χ3v) is 4.44. The third kappa shape index (κ3) is 3.63. The number of ether oxygens (including phenoxy) is 2. The number of carbonyl (C=O) groups excluding carboxylic acids is 1. The van der Waals surface area contributed by atoms with Crippen molar-refractivity contribution in [2.24, 2.45) is 11.8 Å². The fourth-order valence-corrected chi connectivity index (χ4v) is 3.12. The third-order valence-electron chi connectivity index (χ3n) is 4.44. The zero-order valence-corrected chi connectivity index (χ0v) is 14.0. The minimum atomic E-state index is -0.978. The molecule has 3 atom stereocenters. The number of carboxylic acids is 1. The molecule has 1 saturated carbocycles. The quantitative estimate of drug-likeness (QED) is 0.833. The summed E-state index contributed by atoms with van der Waals surface area (Å²) in [5, 5.41) is 11.9. The summed E-state index contributed by atoms with van der Waals surface area (Å²) in [4.78, 5) is 23.6. The molecule has 1 fully saturated rings. The van der Waals surface area contributed by atoms with Crippen molar-refractivity contribution in [3.63, 3.8) is 0 Å². The number of rotatable bonds is 6. The SMILES string of the molecule is CC(C)C[C@@H](NC(=O)C1CC1c1ccc2c(c1)OCCO2)C(=O)O. The molecule has 1 heterocycles. The molecule has 2 aliphatic rings. The molecule has 0 spiro atoms. The van der Waals surface area contributed by atoms with Crippen LogP contribution in [0, 0.1) is 11.8 Å². The standard InChI is InChI=1S/C18H23NO5/c1-10(2)7-14(18(21)22)19-17(20)13-9-12(13)11-3-4-15-16(8-11)24-6-5-23-15/h3-4,8,10,12-14H,5-7,9H2,1-2H3,(H,19,20)(H,21,22)/t12?,13?,14-/m1/s1. The summed E-state index contributed by atoms with van der Waals surface area (Å²) in [6.45, 7) is 4.96. The van der Waals surface area contributed by atoms with E-state index in [2.05, 4.69) is 5.32 Å². The summed E-state index contributed by atoms with van der Waals surface area (Å²) in [5.74, 6) is 0.453. The number of hydrogen-bond donors (Lipinski definition) is 2. The van der Waals surface area contributed by atoms with Crippen LogP contribution in [0.2, 0.25) is 0 Å². The first-order valence-corrected chi connectivity index (χ1v) is 8.38. The second-order valence-corrected chi connectivity index (χ2v) is 6.88. The van der Waals surface area contributed by atoms with Gasteiger partial charge in [0.25, 0.3) is 0 Å². The molecule has 0 radical (unpaired) electrons. The minimum absolute atomic E-state index is 0.120. The average Bonchev–Trinajstić information content (AvgIpc) is 3.34. The molecule has 1 amide bonds. The highest BCUT2D eigenvalue weighted by atomic mass is 16.6. The smallest absolute Gasteiger partial charge is 0.326 e.